The number of hydrogen-bond acceptors (Lipinski definition) is 4. The predicted octanol–water partition coefficient (Wildman–Crippen LogP) is 2.79. The zero-order valence-corrected chi connectivity index (χ0v) is 11.9. The number of ether oxygens (including phenoxy) is 3. The smallest absolute Gasteiger partial charge is 0.164 e. The number of aliphatic hydroxyl groups is 1. The van der Waals surface area contributed by atoms with Crippen molar-refractivity contribution in [1.29, 1.82) is 0 Å². The largest absolute Gasteiger partial charge is 0.496 e. The molecule has 0 saturated carbocycles. The second kappa shape index (κ2) is 5.48. The van der Waals surface area contributed by atoms with Gasteiger partial charge in [0.05, 0.1) is 27.4 Å². The van der Waals surface area contributed by atoms with Gasteiger partial charge >= 0.3 is 0 Å². The number of benzene rings is 1. The van der Waals surface area contributed by atoms with Gasteiger partial charge in [0.2, 0.25) is 0 Å². The minimum atomic E-state index is -0.646. The molecule has 0 amide bonds. The van der Waals surface area contributed by atoms with Crippen molar-refractivity contribution in [2.75, 3.05) is 21.3 Å². The minimum absolute atomic E-state index is 0.285. The molecule has 1 aromatic carbocycles. The van der Waals surface area contributed by atoms with Crippen molar-refractivity contribution >= 4 is 0 Å². The standard InChI is InChI=1S/C14H22O4/c1-14(2,3)13(15)9-7-11(17-5)12(18-6)8-10(9)16-4/h7-8,13,15H,1-6H3. The summed E-state index contributed by atoms with van der Waals surface area (Å²) in [6.07, 6.45) is -0.646. The lowest BCUT2D eigenvalue weighted by Crippen LogP contribution is -2.18. The molecule has 18 heavy (non-hydrogen) atoms. The molecular formula is C14H22O4. The van der Waals surface area contributed by atoms with Gasteiger partial charge in [-0.2, -0.15) is 0 Å². The van der Waals surface area contributed by atoms with Gasteiger partial charge in [-0.3, -0.25) is 0 Å². The van der Waals surface area contributed by atoms with Gasteiger partial charge in [-0.05, 0) is 11.5 Å². The van der Waals surface area contributed by atoms with Gasteiger partial charge in [0.1, 0.15) is 5.75 Å². The maximum atomic E-state index is 10.4. The van der Waals surface area contributed by atoms with Gasteiger partial charge < -0.3 is 19.3 Å². The van der Waals surface area contributed by atoms with E-state index < -0.39 is 6.10 Å². The van der Waals surface area contributed by atoms with Crippen LogP contribution in [0.25, 0.3) is 0 Å². The van der Waals surface area contributed by atoms with E-state index in [0.717, 1.165) is 0 Å². The Kier molecular flexibility index (Phi) is 4.46. The van der Waals surface area contributed by atoms with E-state index >= 15 is 0 Å². The van der Waals surface area contributed by atoms with Crippen LogP contribution in [0.15, 0.2) is 12.1 Å². The van der Waals surface area contributed by atoms with Crippen LogP contribution in [0, 0.1) is 5.41 Å². The van der Waals surface area contributed by atoms with Crippen LogP contribution in [-0.2, 0) is 0 Å². The molecule has 0 aliphatic heterocycles. The summed E-state index contributed by atoms with van der Waals surface area (Å²) in [5.74, 6) is 1.76. The monoisotopic (exact) mass is 254 g/mol. The summed E-state index contributed by atoms with van der Waals surface area (Å²) >= 11 is 0. The molecule has 0 aliphatic rings. The van der Waals surface area contributed by atoms with E-state index in [2.05, 4.69) is 0 Å². The molecule has 0 aromatic heterocycles. The molecule has 1 aromatic rings. The van der Waals surface area contributed by atoms with Gasteiger partial charge in [0.25, 0.3) is 0 Å². The molecule has 1 N–H and O–H groups in total. The molecule has 0 spiro atoms. The summed E-state index contributed by atoms with van der Waals surface area (Å²) in [6, 6.07) is 3.48. The summed E-state index contributed by atoms with van der Waals surface area (Å²) in [5.41, 5.74) is 0.412. The van der Waals surface area contributed by atoms with Crippen LogP contribution < -0.4 is 14.2 Å². The van der Waals surface area contributed by atoms with Gasteiger partial charge in [-0.25, -0.2) is 0 Å². The molecular weight excluding hydrogens is 232 g/mol. The highest BCUT2D eigenvalue weighted by Gasteiger charge is 2.28. The van der Waals surface area contributed by atoms with Crippen molar-refractivity contribution in [2.24, 2.45) is 5.41 Å². The SMILES string of the molecule is COc1cc(OC)c(C(O)C(C)(C)C)cc1OC. The van der Waals surface area contributed by atoms with Crippen LogP contribution in [0.1, 0.15) is 32.4 Å². The first-order valence-corrected chi connectivity index (χ1v) is 5.83. The highest BCUT2D eigenvalue weighted by molar-refractivity contribution is 5.51. The van der Waals surface area contributed by atoms with Crippen LogP contribution in [0.3, 0.4) is 0 Å². The highest BCUT2D eigenvalue weighted by atomic mass is 16.5. The third-order valence-corrected chi connectivity index (χ3v) is 2.85. The lowest BCUT2D eigenvalue weighted by atomic mass is 9.84. The Balaban J connectivity index is 3.34. The van der Waals surface area contributed by atoms with Crippen molar-refractivity contribution < 1.29 is 19.3 Å². The Morgan fingerprint density at radius 3 is 1.72 bits per heavy atom. The van der Waals surface area contributed by atoms with E-state index in [-0.39, 0.29) is 5.41 Å². The van der Waals surface area contributed by atoms with Crippen LogP contribution >= 0.6 is 0 Å². The topological polar surface area (TPSA) is 47.9 Å². The van der Waals surface area contributed by atoms with Crippen LogP contribution in [-0.4, -0.2) is 26.4 Å². The second-order valence-corrected chi connectivity index (χ2v) is 5.22. The Labute approximate surface area is 108 Å². The normalized spacial score (nSPS) is 13.1. The first kappa shape index (κ1) is 14.6. The molecule has 0 heterocycles. The lowest BCUT2D eigenvalue weighted by molar-refractivity contribution is 0.0601. The molecule has 0 fully saturated rings. The first-order valence-electron chi connectivity index (χ1n) is 5.83. The van der Waals surface area contributed by atoms with E-state index in [1.807, 2.05) is 20.8 Å². The fourth-order valence-corrected chi connectivity index (χ4v) is 1.73. The molecule has 0 aliphatic carbocycles. The Hall–Kier alpha value is -1.42. The van der Waals surface area contributed by atoms with Crippen LogP contribution in [0.2, 0.25) is 0 Å². The zero-order chi connectivity index (χ0) is 13.9. The fraction of sp³-hybridized carbons (Fsp3) is 0.571. The number of aliphatic hydroxyl groups excluding tert-OH is 1. The van der Waals surface area contributed by atoms with Gasteiger partial charge in [0.15, 0.2) is 11.5 Å². The summed E-state index contributed by atoms with van der Waals surface area (Å²) in [4.78, 5) is 0. The van der Waals surface area contributed by atoms with Gasteiger partial charge in [-0.15, -0.1) is 0 Å². The van der Waals surface area contributed by atoms with E-state index in [4.69, 9.17) is 14.2 Å². The third-order valence-electron chi connectivity index (χ3n) is 2.85. The number of methoxy groups -OCH3 is 3. The Morgan fingerprint density at radius 2 is 1.33 bits per heavy atom. The van der Waals surface area contributed by atoms with E-state index in [1.54, 1.807) is 33.5 Å². The van der Waals surface area contributed by atoms with E-state index in [1.165, 1.54) is 0 Å². The van der Waals surface area contributed by atoms with Crippen molar-refractivity contribution in [1.82, 2.24) is 0 Å². The Morgan fingerprint density at radius 1 is 0.889 bits per heavy atom. The van der Waals surface area contributed by atoms with Crippen LogP contribution in [0.4, 0.5) is 0 Å². The average molecular weight is 254 g/mol. The molecule has 4 nitrogen and oxygen atoms in total. The summed E-state index contributed by atoms with van der Waals surface area (Å²) in [6.45, 7) is 5.90. The highest BCUT2D eigenvalue weighted by Crippen LogP contribution is 2.42. The quantitative estimate of drug-likeness (QED) is 0.897. The van der Waals surface area contributed by atoms with E-state index in [9.17, 15) is 5.11 Å². The molecule has 0 radical (unpaired) electrons. The Bertz CT molecular complexity index is 407. The second-order valence-electron chi connectivity index (χ2n) is 5.22. The predicted molar refractivity (Wildman–Crippen MR) is 70.5 cm³/mol. The van der Waals surface area contributed by atoms with Gasteiger partial charge in [0, 0.05) is 11.6 Å². The molecule has 102 valence electrons. The molecule has 4 heteroatoms. The molecule has 1 unspecified atom stereocenters. The van der Waals surface area contributed by atoms with Crippen molar-refractivity contribution in [3.05, 3.63) is 17.7 Å². The molecule has 0 bridgehead atoms. The summed E-state index contributed by atoms with van der Waals surface area (Å²) < 4.78 is 15.8. The average Bonchev–Trinajstić information content (AvgIpc) is 2.34. The van der Waals surface area contributed by atoms with Gasteiger partial charge in [-0.1, -0.05) is 20.8 Å². The number of hydrogen-bond donors (Lipinski definition) is 1. The maximum absolute atomic E-state index is 10.4. The molecule has 1 rings (SSSR count). The molecule has 0 saturated heterocycles. The minimum Gasteiger partial charge on any atom is -0.496 e. The summed E-state index contributed by atoms with van der Waals surface area (Å²) in [5, 5.41) is 10.4. The molecule has 1 atom stereocenters. The maximum Gasteiger partial charge on any atom is 0.164 e. The van der Waals surface area contributed by atoms with Crippen LogP contribution in [0.5, 0.6) is 17.2 Å². The van der Waals surface area contributed by atoms with Crippen molar-refractivity contribution in [2.45, 2.75) is 26.9 Å². The van der Waals surface area contributed by atoms with Crippen molar-refractivity contribution in [3.63, 3.8) is 0 Å². The fourth-order valence-electron chi connectivity index (χ4n) is 1.73. The third kappa shape index (κ3) is 2.88. The lowest BCUT2D eigenvalue weighted by Gasteiger charge is -2.28. The number of rotatable bonds is 4. The zero-order valence-electron chi connectivity index (χ0n) is 11.9. The summed E-state index contributed by atoms with van der Waals surface area (Å²) in [7, 11) is 4.70. The van der Waals surface area contributed by atoms with E-state index in [0.29, 0.717) is 22.8 Å². The van der Waals surface area contributed by atoms with Crippen molar-refractivity contribution in [3.8, 4) is 17.2 Å². The first-order chi connectivity index (χ1) is 8.35.